The van der Waals surface area contributed by atoms with E-state index < -0.39 is 0 Å². The minimum atomic E-state index is -0.208. The van der Waals surface area contributed by atoms with E-state index in [9.17, 15) is 4.79 Å². The maximum atomic E-state index is 11.9. The molecule has 1 aromatic carbocycles. The smallest absolute Gasteiger partial charge is 0.362 e. The number of aromatic nitrogens is 1. The molecule has 0 bridgehead atoms. The molecule has 2 aromatic rings. The highest BCUT2D eigenvalue weighted by Gasteiger charge is 2.21. The van der Waals surface area contributed by atoms with Crippen molar-refractivity contribution in [1.29, 1.82) is 0 Å². The molecule has 0 unspecified atom stereocenters. The maximum Gasteiger partial charge on any atom is 0.374 e. The van der Waals surface area contributed by atoms with E-state index in [-0.39, 0.29) is 5.91 Å². The third-order valence-corrected chi connectivity index (χ3v) is 4.68. The van der Waals surface area contributed by atoms with E-state index in [1.165, 1.54) is 11.3 Å². The van der Waals surface area contributed by atoms with Gasteiger partial charge < -0.3 is 5.32 Å². The molecule has 3 rings (SSSR count). The molecule has 7 heteroatoms. The van der Waals surface area contributed by atoms with E-state index in [0.717, 1.165) is 34.0 Å². The van der Waals surface area contributed by atoms with Crippen LogP contribution in [0, 0.1) is 6.92 Å². The lowest BCUT2D eigenvalue weighted by Gasteiger charge is -2.01. The van der Waals surface area contributed by atoms with Crippen LogP contribution in [-0.2, 0) is 11.2 Å². The molecule has 0 radical (unpaired) electrons. The van der Waals surface area contributed by atoms with Gasteiger partial charge in [-0.3, -0.25) is 4.99 Å². The fourth-order valence-corrected chi connectivity index (χ4v) is 3.23. The number of nitrogens with one attached hydrogen (secondary N) is 3. The summed E-state index contributed by atoms with van der Waals surface area (Å²) in [7, 11) is 0. The third kappa shape index (κ3) is 3.45. The minimum absolute atomic E-state index is 0.208. The molecule has 114 valence electrons. The molecule has 1 aromatic heterocycles. The van der Waals surface area contributed by atoms with Crippen LogP contribution in [0.1, 0.15) is 16.0 Å². The largest absolute Gasteiger partial charge is 0.374 e. The van der Waals surface area contributed by atoms with E-state index in [0.29, 0.717) is 17.5 Å². The van der Waals surface area contributed by atoms with Crippen molar-refractivity contribution in [3.8, 4) is 0 Å². The van der Waals surface area contributed by atoms with Crippen molar-refractivity contribution in [1.82, 2.24) is 5.32 Å². The van der Waals surface area contributed by atoms with Crippen LogP contribution < -0.4 is 15.6 Å². The molecule has 22 heavy (non-hydrogen) atoms. The Hall–Kier alpha value is -1.92. The summed E-state index contributed by atoms with van der Waals surface area (Å²) in [6.45, 7) is 3.35. The van der Waals surface area contributed by atoms with Crippen molar-refractivity contribution in [2.24, 2.45) is 4.99 Å². The van der Waals surface area contributed by atoms with Crippen LogP contribution in [0.3, 0.4) is 0 Å². The lowest BCUT2D eigenvalue weighted by atomic mass is 10.1. The van der Waals surface area contributed by atoms with Crippen molar-refractivity contribution < 1.29 is 9.78 Å². The van der Waals surface area contributed by atoms with Gasteiger partial charge in [0, 0.05) is 18.0 Å². The zero-order valence-corrected chi connectivity index (χ0v) is 13.6. The topological polar surface area (TPSA) is 67.6 Å². The number of aryl methyl sites for hydroxylation is 1. The fraction of sp³-hybridized carbons (Fsp3) is 0.267. The average Bonchev–Trinajstić information content (AvgIpc) is 3.15. The summed E-state index contributed by atoms with van der Waals surface area (Å²) in [6.07, 6.45) is 2.67. The number of amides is 1. The summed E-state index contributed by atoms with van der Waals surface area (Å²) in [5.74, 6) is 0.189. The zero-order chi connectivity index (χ0) is 15.5. The predicted molar refractivity (Wildman–Crippen MR) is 88.8 cm³/mol. The monoisotopic (exact) mass is 335 g/mol. The highest BCUT2D eigenvalue weighted by atomic mass is 35.5. The van der Waals surface area contributed by atoms with Crippen LogP contribution in [0.2, 0.25) is 5.02 Å². The standard InChI is InChI=1S/C15H15ClN4OS/c1-9-2-3-10(7-12(9)16)6-11-8-19-15(22-11)20-14(21)13-17-4-5-18-13/h2-3,7-8H,4-6H2,1H3,(H,17,18)(H,19,20,21)/p+1. The summed E-state index contributed by atoms with van der Waals surface area (Å²) in [4.78, 5) is 20.2. The van der Waals surface area contributed by atoms with E-state index in [1.807, 2.05) is 25.3 Å². The van der Waals surface area contributed by atoms with Crippen LogP contribution in [0.5, 0.6) is 0 Å². The number of benzene rings is 1. The summed E-state index contributed by atoms with van der Waals surface area (Å²) in [5, 5.41) is 7.24. The molecular weight excluding hydrogens is 320 g/mol. The molecule has 5 nitrogen and oxygen atoms in total. The Kier molecular flexibility index (Phi) is 4.40. The second kappa shape index (κ2) is 6.46. The molecule has 2 heterocycles. The number of H-pyrrole nitrogens is 1. The number of aromatic amines is 1. The Balaban J connectivity index is 1.65. The lowest BCUT2D eigenvalue weighted by molar-refractivity contribution is -0.354. The first-order valence-corrected chi connectivity index (χ1v) is 8.16. The second-order valence-electron chi connectivity index (χ2n) is 5.06. The van der Waals surface area contributed by atoms with Gasteiger partial charge in [-0.2, -0.15) is 5.32 Å². The minimum Gasteiger partial charge on any atom is -0.362 e. The lowest BCUT2D eigenvalue weighted by Crippen LogP contribution is -2.33. The van der Waals surface area contributed by atoms with Gasteiger partial charge in [-0.1, -0.05) is 35.1 Å². The first kappa shape index (κ1) is 15.0. The number of rotatable bonds is 4. The average molecular weight is 336 g/mol. The number of nitrogens with zero attached hydrogens (tertiary/aromatic N) is 1. The number of halogens is 1. The van der Waals surface area contributed by atoms with Gasteiger partial charge in [0.25, 0.3) is 0 Å². The summed E-state index contributed by atoms with van der Waals surface area (Å²) in [6, 6.07) is 6.06. The third-order valence-electron chi connectivity index (χ3n) is 3.33. The molecule has 0 aliphatic carbocycles. The molecule has 1 amide bonds. The Morgan fingerprint density at radius 3 is 3.14 bits per heavy atom. The number of carbonyl (C=O) groups excluding carboxylic acids is 1. The van der Waals surface area contributed by atoms with Gasteiger partial charge in [0.2, 0.25) is 5.84 Å². The van der Waals surface area contributed by atoms with Crippen LogP contribution in [0.4, 0.5) is 5.13 Å². The fourth-order valence-electron chi connectivity index (χ4n) is 2.14. The van der Waals surface area contributed by atoms with Crippen LogP contribution >= 0.6 is 22.9 Å². The number of amidine groups is 1. The molecule has 0 saturated carbocycles. The van der Waals surface area contributed by atoms with Crippen LogP contribution in [0.25, 0.3) is 0 Å². The van der Waals surface area contributed by atoms with E-state index in [2.05, 4.69) is 26.7 Å². The van der Waals surface area contributed by atoms with Gasteiger partial charge >= 0.3 is 11.0 Å². The quantitative estimate of drug-likeness (QED) is 0.898. The Morgan fingerprint density at radius 2 is 2.41 bits per heavy atom. The molecule has 0 spiro atoms. The maximum absolute atomic E-state index is 11.9. The van der Waals surface area contributed by atoms with Crippen LogP contribution in [-0.4, -0.2) is 24.8 Å². The molecule has 1 aliphatic heterocycles. The van der Waals surface area contributed by atoms with Crippen molar-refractivity contribution in [3.05, 3.63) is 45.4 Å². The van der Waals surface area contributed by atoms with E-state index >= 15 is 0 Å². The molecule has 0 fully saturated rings. The van der Waals surface area contributed by atoms with Crippen molar-refractivity contribution in [2.45, 2.75) is 13.3 Å². The van der Waals surface area contributed by atoms with Gasteiger partial charge in [0.1, 0.15) is 6.20 Å². The number of carbonyl (C=O) groups is 1. The number of hydrogen-bond acceptors (Lipinski definition) is 4. The number of thiazole rings is 1. The van der Waals surface area contributed by atoms with E-state index in [4.69, 9.17) is 11.6 Å². The Labute approximate surface area is 137 Å². The highest BCUT2D eigenvalue weighted by molar-refractivity contribution is 7.15. The summed E-state index contributed by atoms with van der Waals surface area (Å²) in [5.41, 5.74) is 2.21. The van der Waals surface area contributed by atoms with Gasteiger partial charge in [0.05, 0.1) is 11.4 Å². The second-order valence-corrected chi connectivity index (χ2v) is 6.60. The van der Waals surface area contributed by atoms with Crippen LogP contribution in [0.15, 0.2) is 29.4 Å². The molecular formula is C15H16ClN4OS+. The first-order chi connectivity index (χ1) is 10.6. The van der Waals surface area contributed by atoms with Crippen molar-refractivity contribution in [2.75, 3.05) is 18.4 Å². The van der Waals surface area contributed by atoms with E-state index in [1.54, 1.807) is 0 Å². The predicted octanol–water partition coefficient (Wildman–Crippen LogP) is 2.06. The van der Waals surface area contributed by atoms with Gasteiger partial charge in [0.15, 0.2) is 0 Å². The number of aliphatic imine (C=N–C) groups is 1. The van der Waals surface area contributed by atoms with Crippen molar-refractivity contribution in [3.63, 3.8) is 0 Å². The van der Waals surface area contributed by atoms with Gasteiger partial charge in [-0.25, -0.2) is 9.78 Å². The Morgan fingerprint density at radius 1 is 1.55 bits per heavy atom. The Bertz CT molecular complexity index is 741. The first-order valence-electron chi connectivity index (χ1n) is 6.97. The molecule has 0 saturated heterocycles. The van der Waals surface area contributed by atoms with Gasteiger partial charge in [-0.05, 0) is 24.1 Å². The number of hydrogen-bond donors (Lipinski definition) is 2. The normalized spacial score (nSPS) is 13.6. The molecule has 1 aliphatic rings. The zero-order valence-electron chi connectivity index (χ0n) is 12.1. The summed E-state index contributed by atoms with van der Waals surface area (Å²) < 4.78 is 0. The molecule has 0 atom stereocenters. The summed E-state index contributed by atoms with van der Waals surface area (Å²) >= 11 is 7.66. The van der Waals surface area contributed by atoms with Gasteiger partial charge in [-0.15, -0.1) is 0 Å². The molecule has 3 N–H and O–H groups in total. The highest BCUT2D eigenvalue weighted by Crippen LogP contribution is 2.22. The number of anilines is 1. The van der Waals surface area contributed by atoms with Crippen molar-refractivity contribution >= 4 is 39.8 Å². The SMILES string of the molecule is Cc1ccc(Cc2c[nH+]c(NC(=O)C3=NCCN3)s2)cc1Cl.